The first-order valence-electron chi connectivity index (χ1n) is 8.56. The molecule has 1 saturated carbocycles. The number of rotatable bonds is 4. The van der Waals surface area contributed by atoms with Crippen LogP contribution in [0.4, 0.5) is 4.39 Å². The lowest BCUT2D eigenvalue weighted by molar-refractivity contribution is 0.327. The molecule has 24 heavy (non-hydrogen) atoms. The Morgan fingerprint density at radius 3 is 2.50 bits per heavy atom. The van der Waals surface area contributed by atoms with Crippen LogP contribution in [0.15, 0.2) is 42.7 Å². The summed E-state index contributed by atoms with van der Waals surface area (Å²) in [6.45, 7) is 2.08. The van der Waals surface area contributed by atoms with Crippen LogP contribution >= 0.6 is 11.6 Å². The van der Waals surface area contributed by atoms with Crippen molar-refractivity contribution in [2.24, 2.45) is 5.92 Å². The molecule has 0 bridgehead atoms. The first-order valence-corrected chi connectivity index (χ1v) is 8.93. The van der Waals surface area contributed by atoms with Gasteiger partial charge in [0.05, 0.1) is 5.02 Å². The van der Waals surface area contributed by atoms with Crippen LogP contribution in [0.3, 0.4) is 0 Å². The lowest BCUT2D eigenvalue weighted by Gasteiger charge is -2.27. The third-order valence-corrected chi connectivity index (χ3v) is 5.16. The van der Waals surface area contributed by atoms with Gasteiger partial charge in [-0.2, -0.15) is 0 Å². The number of allylic oxidation sites excluding steroid dienone is 2. The summed E-state index contributed by atoms with van der Waals surface area (Å²) >= 11 is 5.83. The van der Waals surface area contributed by atoms with Crippen molar-refractivity contribution in [1.82, 2.24) is 9.97 Å². The Hall–Kier alpha value is -1.74. The lowest BCUT2D eigenvalue weighted by Crippen LogP contribution is -2.13. The van der Waals surface area contributed by atoms with Crippen molar-refractivity contribution >= 4 is 11.6 Å². The van der Waals surface area contributed by atoms with Crippen molar-refractivity contribution in [2.45, 2.75) is 44.9 Å². The number of hydrogen-bond donors (Lipinski definition) is 0. The molecule has 0 atom stereocenters. The Labute approximate surface area is 147 Å². The molecule has 3 rings (SSSR count). The maximum Gasteiger partial charge on any atom is 0.159 e. The summed E-state index contributed by atoms with van der Waals surface area (Å²) < 4.78 is 13.3. The Morgan fingerprint density at radius 2 is 1.88 bits per heavy atom. The quantitative estimate of drug-likeness (QED) is 0.619. The molecule has 1 heterocycles. The van der Waals surface area contributed by atoms with Crippen molar-refractivity contribution in [3.8, 4) is 11.4 Å². The van der Waals surface area contributed by atoms with Gasteiger partial charge in [-0.25, -0.2) is 14.4 Å². The zero-order chi connectivity index (χ0) is 16.9. The fraction of sp³-hybridized carbons (Fsp3) is 0.400. The summed E-state index contributed by atoms with van der Waals surface area (Å²) in [4.78, 5) is 8.92. The van der Waals surface area contributed by atoms with Gasteiger partial charge in [-0.3, -0.25) is 0 Å². The Bertz CT molecular complexity index is 704. The predicted molar refractivity (Wildman–Crippen MR) is 96.6 cm³/mol. The Morgan fingerprint density at radius 1 is 1.17 bits per heavy atom. The van der Waals surface area contributed by atoms with E-state index in [0.717, 1.165) is 11.5 Å². The van der Waals surface area contributed by atoms with Crippen LogP contribution in [0.2, 0.25) is 5.02 Å². The van der Waals surface area contributed by atoms with Crippen molar-refractivity contribution < 1.29 is 4.39 Å². The second kappa shape index (κ2) is 7.89. The van der Waals surface area contributed by atoms with E-state index in [9.17, 15) is 4.39 Å². The van der Waals surface area contributed by atoms with E-state index in [0.29, 0.717) is 11.7 Å². The van der Waals surface area contributed by atoms with Crippen LogP contribution in [0.25, 0.3) is 11.4 Å². The first-order chi connectivity index (χ1) is 11.7. The van der Waals surface area contributed by atoms with E-state index >= 15 is 0 Å². The number of aromatic nitrogens is 2. The van der Waals surface area contributed by atoms with Gasteiger partial charge < -0.3 is 0 Å². The molecular formula is C20H22ClFN2. The van der Waals surface area contributed by atoms with E-state index in [1.165, 1.54) is 43.7 Å². The molecule has 1 aliphatic rings. The highest BCUT2D eigenvalue weighted by Crippen LogP contribution is 2.37. The summed E-state index contributed by atoms with van der Waals surface area (Å²) in [5.41, 5.74) is 1.94. The van der Waals surface area contributed by atoms with E-state index in [4.69, 9.17) is 11.6 Å². The number of halogens is 2. The van der Waals surface area contributed by atoms with E-state index in [1.54, 1.807) is 12.1 Å². The highest BCUT2D eigenvalue weighted by atomic mass is 35.5. The van der Waals surface area contributed by atoms with Gasteiger partial charge in [-0.15, -0.1) is 0 Å². The molecule has 0 spiro atoms. The average molecular weight is 345 g/mol. The number of nitrogens with zero attached hydrogens (tertiary/aromatic N) is 2. The summed E-state index contributed by atoms with van der Waals surface area (Å²) in [7, 11) is 0. The smallest absolute Gasteiger partial charge is 0.159 e. The lowest BCUT2D eigenvalue weighted by atomic mass is 9.78. The average Bonchev–Trinajstić information content (AvgIpc) is 2.63. The minimum Gasteiger partial charge on any atom is -0.236 e. The molecule has 126 valence electrons. The normalized spacial score (nSPS) is 21.3. The first kappa shape index (κ1) is 17.1. The Kier molecular flexibility index (Phi) is 5.62. The summed E-state index contributed by atoms with van der Waals surface area (Å²) in [6, 6.07) is 4.57. The molecule has 0 N–H and O–H groups in total. The van der Waals surface area contributed by atoms with Gasteiger partial charge in [-0.1, -0.05) is 23.8 Å². The van der Waals surface area contributed by atoms with Gasteiger partial charge in [0.1, 0.15) is 5.82 Å². The van der Waals surface area contributed by atoms with Crippen LogP contribution in [-0.4, -0.2) is 9.97 Å². The predicted octanol–water partition coefficient (Wildman–Crippen LogP) is 6.18. The fourth-order valence-corrected chi connectivity index (χ4v) is 3.57. The van der Waals surface area contributed by atoms with Gasteiger partial charge >= 0.3 is 0 Å². The minimum absolute atomic E-state index is 0.0969. The molecule has 1 fully saturated rings. The van der Waals surface area contributed by atoms with Gasteiger partial charge in [-0.05, 0) is 74.6 Å². The fourth-order valence-electron chi connectivity index (χ4n) is 3.39. The van der Waals surface area contributed by atoms with Crippen LogP contribution in [-0.2, 0) is 0 Å². The SMILES string of the molecule is C/C=C/CC1CCC(c2cnc(-c3ccc(F)c(Cl)c3)nc2)CC1. The van der Waals surface area contributed by atoms with Crippen molar-refractivity contribution in [3.63, 3.8) is 0 Å². The summed E-state index contributed by atoms with van der Waals surface area (Å²) in [6.07, 6.45) is 14.4. The molecule has 0 radical (unpaired) electrons. The molecule has 1 aliphatic carbocycles. The molecule has 0 saturated heterocycles. The third kappa shape index (κ3) is 4.02. The standard InChI is InChI=1S/C20H22ClFN2/c1-2-3-4-14-5-7-15(8-6-14)17-12-23-20(24-13-17)16-9-10-19(22)18(21)11-16/h2-3,9-15H,4-8H2,1H3/b3-2+. The molecule has 0 unspecified atom stereocenters. The maximum atomic E-state index is 13.3. The van der Waals surface area contributed by atoms with Crippen LogP contribution in [0, 0.1) is 11.7 Å². The molecule has 1 aromatic heterocycles. The van der Waals surface area contributed by atoms with E-state index in [-0.39, 0.29) is 5.02 Å². The van der Waals surface area contributed by atoms with Crippen LogP contribution < -0.4 is 0 Å². The Balaban J connectivity index is 1.66. The summed E-state index contributed by atoms with van der Waals surface area (Å²) in [5, 5.41) is 0.0969. The zero-order valence-corrected chi connectivity index (χ0v) is 14.6. The van der Waals surface area contributed by atoms with E-state index in [2.05, 4.69) is 29.0 Å². The zero-order valence-electron chi connectivity index (χ0n) is 13.9. The topological polar surface area (TPSA) is 25.8 Å². The minimum atomic E-state index is -0.424. The second-order valence-corrected chi connectivity index (χ2v) is 6.90. The van der Waals surface area contributed by atoms with E-state index in [1.807, 2.05) is 12.4 Å². The van der Waals surface area contributed by atoms with Crippen molar-refractivity contribution in [1.29, 1.82) is 0 Å². The summed E-state index contributed by atoms with van der Waals surface area (Å²) in [5.74, 6) is 1.53. The van der Waals surface area contributed by atoms with Gasteiger partial charge in [0.15, 0.2) is 5.82 Å². The molecule has 4 heteroatoms. The molecule has 1 aromatic carbocycles. The monoisotopic (exact) mass is 344 g/mol. The highest BCUT2D eigenvalue weighted by Gasteiger charge is 2.22. The van der Waals surface area contributed by atoms with Crippen molar-refractivity contribution in [2.75, 3.05) is 0 Å². The molecule has 2 nitrogen and oxygen atoms in total. The molecule has 2 aromatic rings. The molecule has 0 aliphatic heterocycles. The second-order valence-electron chi connectivity index (χ2n) is 6.49. The highest BCUT2D eigenvalue weighted by molar-refractivity contribution is 6.31. The maximum absolute atomic E-state index is 13.3. The van der Waals surface area contributed by atoms with E-state index < -0.39 is 5.82 Å². The van der Waals surface area contributed by atoms with Gasteiger partial charge in [0.2, 0.25) is 0 Å². The number of hydrogen-bond acceptors (Lipinski definition) is 2. The third-order valence-electron chi connectivity index (χ3n) is 4.87. The van der Waals surface area contributed by atoms with Gasteiger partial charge in [0, 0.05) is 18.0 Å². The number of benzene rings is 1. The van der Waals surface area contributed by atoms with Crippen LogP contribution in [0.1, 0.15) is 50.5 Å². The molecule has 0 amide bonds. The molecular weight excluding hydrogens is 323 g/mol. The van der Waals surface area contributed by atoms with Crippen LogP contribution in [0.5, 0.6) is 0 Å². The van der Waals surface area contributed by atoms with Crippen molar-refractivity contribution in [3.05, 3.63) is 59.1 Å². The van der Waals surface area contributed by atoms with Gasteiger partial charge in [0.25, 0.3) is 0 Å². The largest absolute Gasteiger partial charge is 0.236 e.